The number of hydrogen-bond acceptors (Lipinski definition) is 7. The number of aliphatic hydroxyl groups excluding tert-OH is 1. The molecule has 1 aromatic heterocycles. The summed E-state index contributed by atoms with van der Waals surface area (Å²) >= 11 is 1.61. The topological polar surface area (TPSA) is 103 Å². The number of aryl methyl sites for hydroxylation is 2. The molecule has 0 radical (unpaired) electrons. The highest BCUT2D eigenvalue weighted by Gasteiger charge is 2.44. The second-order valence-electron chi connectivity index (χ2n) is 11.9. The van der Waals surface area contributed by atoms with Crippen molar-refractivity contribution in [3.8, 4) is 17.0 Å². The summed E-state index contributed by atoms with van der Waals surface area (Å²) in [5.41, 5.74) is 5.52. The first-order chi connectivity index (χ1) is 19.8. The standard InChI is InChI=1S/C32H37N3O5S/c1-19-6-9-28(40-17-24-8-7-21(13-20(24)2)30(37)34-11-10-25(36)16-34)26(12-19)27-18-41-32(33-27)35-14-22-4-3-5-23(15-35)29(22)31(38)39/h6-9,12-13,18,22-23,25,29,36H,3-5,10-11,14-17H2,1-2H3,(H,38,39)/t22-,23+,25-,29+/m1/s1. The number of aliphatic carboxylic acids is 1. The van der Waals surface area contributed by atoms with E-state index in [9.17, 15) is 19.8 Å². The maximum Gasteiger partial charge on any atom is 0.307 e. The number of aromatic nitrogens is 1. The molecule has 9 heteroatoms. The Morgan fingerprint density at radius 1 is 1.05 bits per heavy atom. The van der Waals surface area contributed by atoms with Crippen LogP contribution in [0.25, 0.3) is 11.3 Å². The van der Waals surface area contributed by atoms with Gasteiger partial charge < -0.3 is 24.7 Å². The van der Waals surface area contributed by atoms with Crippen LogP contribution in [0.4, 0.5) is 5.13 Å². The number of aliphatic hydroxyl groups is 1. The molecular weight excluding hydrogens is 538 g/mol. The van der Waals surface area contributed by atoms with E-state index in [1.54, 1.807) is 16.2 Å². The third-order valence-electron chi connectivity index (χ3n) is 8.96. The van der Waals surface area contributed by atoms with Gasteiger partial charge in [-0.05, 0) is 80.3 Å². The van der Waals surface area contributed by atoms with Crippen molar-refractivity contribution < 1.29 is 24.5 Å². The van der Waals surface area contributed by atoms with Gasteiger partial charge in [0.1, 0.15) is 12.4 Å². The number of likely N-dealkylation sites (tertiary alicyclic amines) is 1. The van der Waals surface area contributed by atoms with Gasteiger partial charge in [-0.15, -0.1) is 11.3 Å². The normalized spacial score (nSPS) is 24.0. The van der Waals surface area contributed by atoms with Gasteiger partial charge in [0.15, 0.2) is 5.13 Å². The summed E-state index contributed by atoms with van der Waals surface area (Å²) in [4.78, 5) is 33.7. The number of anilines is 1. The van der Waals surface area contributed by atoms with Gasteiger partial charge in [0.05, 0.1) is 17.7 Å². The number of carboxylic acid groups (broad SMARTS) is 1. The first-order valence-corrected chi connectivity index (χ1v) is 15.4. The van der Waals surface area contributed by atoms with E-state index >= 15 is 0 Å². The molecule has 3 aromatic rings. The van der Waals surface area contributed by atoms with Gasteiger partial charge in [-0.1, -0.05) is 24.1 Å². The summed E-state index contributed by atoms with van der Waals surface area (Å²) in [6, 6.07) is 11.8. The summed E-state index contributed by atoms with van der Waals surface area (Å²) in [7, 11) is 0. The summed E-state index contributed by atoms with van der Waals surface area (Å²) in [5.74, 6) is 0.172. The Labute approximate surface area is 244 Å². The van der Waals surface area contributed by atoms with Gasteiger partial charge in [0.2, 0.25) is 0 Å². The maximum atomic E-state index is 12.8. The first kappa shape index (κ1) is 27.7. The van der Waals surface area contributed by atoms with Gasteiger partial charge >= 0.3 is 5.97 Å². The molecule has 3 aliphatic rings. The number of nitrogens with zero attached hydrogens (tertiary/aromatic N) is 3. The van der Waals surface area contributed by atoms with Crippen LogP contribution < -0.4 is 9.64 Å². The van der Waals surface area contributed by atoms with E-state index in [2.05, 4.69) is 23.3 Å². The van der Waals surface area contributed by atoms with Crippen molar-refractivity contribution in [2.45, 2.75) is 52.2 Å². The lowest BCUT2D eigenvalue weighted by Gasteiger charge is -2.45. The quantitative estimate of drug-likeness (QED) is 0.402. The van der Waals surface area contributed by atoms with Crippen LogP contribution in [0.5, 0.6) is 5.75 Å². The van der Waals surface area contributed by atoms with Crippen molar-refractivity contribution in [2.24, 2.45) is 17.8 Å². The fraction of sp³-hybridized carbons (Fsp3) is 0.469. The minimum atomic E-state index is -0.649. The number of carboxylic acids is 1. The number of thiazole rings is 1. The van der Waals surface area contributed by atoms with Crippen molar-refractivity contribution in [1.29, 1.82) is 0 Å². The van der Waals surface area contributed by atoms with Crippen LogP contribution in [0.15, 0.2) is 41.8 Å². The van der Waals surface area contributed by atoms with Crippen LogP contribution >= 0.6 is 11.3 Å². The molecule has 41 heavy (non-hydrogen) atoms. The number of benzene rings is 2. The molecule has 0 spiro atoms. The summed E-state index contributed by atoms with van der Waals surface area (Å²) in [6.45, 7) is 6.86. The number of carbonyl (C=O) groups is 2. The highest BCUT2D eigenvalue weighted by molar-refractivity contribution is 7.14. The maximum absolute atomic E-state index is 12.8. The van der Waals surface area contributed by atoms with E-state index in [1.165, 1.54) is 0 Å². The highest BCUT2D eigenvalue weighted by atomic mass is 32.1. The second kappa shape index (κ2) is 11.4. The van der Waals surface area contributed by atoms with E-state index in [-0.39, 0.29) is 23.7 Å². The number of hydrogen-bond donors (Lipinski definition) is 2. The van der Waals surface area contributed by atoms with Gasteiger partial charge in [-0.25, -0.2) is 4.98 Å². The van der Waals surface area contributed by atoms with E-state index in [0.717, 1.165) is 71.2 Å². The third-order valence-corrected chi connectivity index (χ3v) is 9.86. The number of β-amino-alcohol motifs (C(OH)–C–C–N with tert-alkyl or cyclic N) is 1. The zero-order chi connectivity index (χ0) is 28.7. The molecule has 1 amide bonds. The molecule has 4 atom stereocenters. The average molecular weight is 576 g/mol. The Morgan fingerprint density at radius 2 is 1.83 bits per heavy atom. The third kappa shape index (κ3) is 5.70. The molecule has 3 heterocycles. The van der Waals surface area contributed by atoms with Gasteiger partial charge in [-0.2, -0.15) is 0 Å². The lowest BCUT2D eigenvalue weighted by molar-refractivity contribution is -0.148. The SMILES string of the molecule is Cc1ccc(OCc2ccc(C(=O)N3CC[C@@H](O)C3)cc2C)c(-c2csc(N3C[C@H]4CCC[C@@H](C3)[C@H]4C(=O)O)n2)c1. The minimum absolute atomic E-state index is 0.0481. The monoisotopic (exact) mass is 575 g/mol. The number of amides is 1. The van der Waals surface area contributed by atoms with Crippen LogP contribution in [-0.2, 0) is 11.4 Å². The number of ether oxygens (including phenoxy) is 1. The number of fused-ring (bicyclic) bond motifs is 2. The minimum Gasteiger partial charge on any atom is -0.488 e. The molecule has 6 rings (SSSR count). The Kier molecular flexibility index (Phi) is 7.74. The van der Waals surface area contributed by atoms with Crippen molar-refractivity contribution in [2.75, 3.05) is 31.1 Å². The summed E-state index contributed by atoms with van der Waals surface area (Å²) in [6.07, 6.45) is 3.23. The molecular formula is C32H37N3O5S. The zero-order valence-corrected chi connectivity index (χ0v) is 24.4. The molecule has 2 N–H and O–H groups in total. The molecule has 8 nitrogen and oxygen atoms in total. The van der Waals surface area contributed by atoms with Gasteiger partial charge in [0.25, 0.3) is 5.91 Å². The van der Waals surface area contributed by atoms with Gasteiger partial charge in [-0.3, -0.25) is 9.59 Å². The Bertz CT molecular complexity index is 1440. The predicted molar refractivity (Wildman–Crippen MR) is 158 cm³/mol. The van der Waals surface area contributed by atoms with E-state index in [4.69, 9.17) is 9.72 Å². The molecule has 216 valence electrons. The fourth-order valence-electron chi connectivity index (χ4n) is 6.75. The predicted octanol–water partition coefficient (Wildman–Crippen LogP) is 5.15. The molecule has 2 saturated heterocycles. The van der Waals surface area contributed by atoms with Crippen LogP contribution in [0.3, 0.4) is 0 Å². The molecule has 2 aromatic carbocycles. The van der Waals surface area contributed by atoms with Crippen molar-refractivity contribution in [3.63, 3.8) is 0 Å². The first-order valence-electron chi connectivity index (χ1n) is 14.5. The molecule has 2 aliphatic heterocycles. The lowest BCUT2D eigenvalue weighted by atomic mass is 9.69. The van der Waals surface area contributed by atoms with Crippen molar-refractivity contribution >= 4 is 28.3 Å². The Morgan fingerprint density at radius 3 is 2.51 bits per heavy atom. The van der Waals surface area contributed by atoms with Crippen LogP contribution in [0, 0.1) is 31.6 Å². The number of piperidine rings is 1. The largest absolute Gasteiger partial charge is 0.488 e. The number of carbonyl (C=O) groups excluding carboxylic acids is 1. The van der Waals surface area contributed by atoms with Crippen LogP contribution in [-0.4, -0.2) is 64.3 Å². The Hall–Kier alpha value is -3.43. The number of rotatable bonds is 7. The van der Waals surface area contributed by atoms with Crippen molar-refractivity contribution in [3.05, 3.63) is 64.0 Å². The van der Waals surface area contributed by atoms with E-state index in [1.807, 2.05) is 37.3 Å². The molecule has 2 bridgehead atoms. The fourth-order valence-corrected chi connectivity index (χ4v) is 7.60. The van der Waals surface area contributed by atoms with Crippen LogP contribution in [0.2, 0.25) is 0 Å². The summed E-state index contributed by atoms with van der Waals surface area (Å²) in [5, 5.41) is 22.6. The van der Waals surface area contributed by atoms with Gasteiger partial charge in [0, 0.05) is 42.7 Å². The average Bonchev–Trinajstić information content (AvgIpc) is 3.61. The molecule has 0 unspecified atom stereocenters. The molecule has 1 saturated carbocycles. The van der Waals surface area contributed by atoms with Crippen LogP contribution in [0.1, 0.15) is 52.7 Å². The highest BCUT2D eigenvalue weighted by Crippen LogP contribution is 2.43. The van der Waals surface area contributed by atoms with Crippen molar-refractivity contribution in [1.82, 2.24) is 9.88 Å². The zero-order valence-electron chi connectivity index (χ0n) is 23.6. The second-order valence-corrected chi connectivity index (χ2v) is 12.7. The summed E-state index contributed by atoms with van der Waals surface area (Å²) < 4.78 is 6.34. The lowest BCUT2D eigenvalue weighted by Crippen LogP contribution is -2.51. The molecule has 3 fully saturated rings. The Balaban J connectivity index is 1.17. The van der Waals surface area contributed by atoms with E-state index in [0.29, 0.717) is 31.7 Å². The molecule has 1 aliphatic carbocycles. The smallest absolute Gasteiger partial charge is 0.307 e. The van der Waals surface area contributed by atoms with E-state index < -0.39 is 12.1 Å².